The number of tetrazole rings is 1. The molecule has 0 N–H and O–H groups in total. The molecule has 164 valence electrons. The first-order chi connectivity index (χ1) is 15.3. The molecule has 2 aromatic carbocycles. The molecule has 0 saturated heterocycles. The number of hydrogen-bond donors (Lipinski definition) is 0. The van der Waals surface area contributed by atoms with Gasteiger partial charge in [-0.3, -0.25) is 9.69 Å². The largest absolute Gasteiger partial charge is 0.274 e. The summed E-state index contributed by atoms with van der Waals surface area (Å²) in [6.07, 6.45) is 0. The van der Waals surface area contributed by atoms with Gasteiger partial charge in [0, 0.05) is 18.1 Å². The van der Waals surface area contributed by atoms with Crippen molar-refractivity contribution < 1.29 is 4.79 Å². The highest BCUT2D eigenvalue weighted by Gasteiger charge is 2.23. The topological polar surface area (TPSA) is 76.8 Å². The van der Waals surface area contributed by atoms with E-state index in [2.05, 4.69) is 15.5 Å². The fourth-order valence-electron chi connectivity index (χ4n) is 3.37. The van der Waals surface area contributed by atoms with Crippen molar-refractivity contribution in [3.63, 3.8) is 0 Å². The molecule has 0 aliphatic heterocycles. The molecule has 0 atom stereocenters. The molecule has 2 aromatic heterocycles. The maximum Gasteiger partial charge on any atom is 0.230 e. The third-order valence-corrected chi connectivity index (χ3v) is 6.82. The standard InChI is InChI=1S/C22H21ClN6OS2/c1-13-6-5-7-18(9-13)29-22(25-26-27-29)32-12-17-11-31-21(24-17)28(16(4)30)20-15(3)8-14(2)10-19(20)23/h5-11H,12H2,1-4H3. The van der Waals surface area contributed by atoms with Crippen molar-refractivity contribution >= 4 is 51.4 Å². The van der Waals surface area contributed by atoms with E-state index in [9.17, 15) is 4.79 Å². The minimum absolute atomic E-state index is 0.143. The van der Waals surface area contributed by atoms with Crippen molar-refractivity contribution in [1.82, 2.24) is 25.2 Å². The van der Waals surface area contributed by atoms with E-state index in [1.165, 1.54) is 30.0 Å². The molecule has 32 heavy (non-hydrogen) atoms. The van der Waals surface area contributed by atoms with Gasteiger partial charge in [-0.15, -0.1) is 16.4 Å². The second kappa shape index (κ2) is 9.40. The summed E-state index contributed by atoms with van der Waals surface area (Å²) < 4.78 is 1.71. The van der Waals surface area contributed by atoms with Crippen molar-refractivity contribution in [3.05, 3.63) is 69.2 Å². The third kappa shape index (κ3) is 4.69. The number of benzene rings is 2. The molecular weight excluding hydrogens is 464 g/mol. The maximum absolute atomic E-state index is 12.5. The lowest BCUT2D eigenvalue weighted by molar-refractivity contribution is -0.115. The van der Waals surface area contributed by atoms with Gasteiger partial charge < -0.3 is 0 Å². The lowest BCUT2D eigenvalue weighted by Crippen LogP contribution is -2.24. The number of thiazole rings is 1. The van der Waals surface area contributed by atoms with Crippen LogP contribution >= 0.6 is 34.7 Å². The molecule has 0 bridgehead atoms. The van der Waals surface area contributed by atoms with Crippen molar-refractivity contribution in [3.8, 4) is 5.69 Å². The molecule has 0 fully saturated rings. The zero-order valence-electron chi connectivity index (χ0n) is 18.0. The second-order valence-corrected chi connectivity index (χ2v) is 9.58. The Bertz CT molecular complexity index is 1260. The van der Waals surface area contributed by atoms with Crippen LogP contribution < -0.4 is 4.90 Å². The van der Waals surface area contributed by atoms with E-state index in [0.29, 0.717) is 26.8 Å². The Hall–Kier alpha value is -2.75. The summed E-state index contributed by atoms with van der Waals surface area (Å²) in [5, 5.41) is 15.8. The zero-order valence-corrected chi connectivity index (χ0v) is 20.4. The molecule has 0 unspecified atom stereocenters. The monoisotopic (exact) mass is 484 g/mol. The first-order valence-electron chi connectivity index (χ1n) is 9.83. The highest BCUT2D eigenvalue weighted by atomic mass is 35.5. The van der Waals surface area contributed by atoms with Gasteiger partial charge in [-0.2, -0.15) is 4.68 Å². The van der Waals surface area contributed by atoms with Gasteiger partial charge in [0.25, 0.3) is 0 Å². The number of carbonyl (C=O) groups excluding carboxylic acids is 1. The van der Waals surface area contributed by atoms with Crippen molar-refractivity contribution in [2.75, 3.05) is 4.90 Å². The molecule has 4 aromatic rings. The molecule has 4 rings (SSSR count). The Morgan fingerprint density at radius 3 is 2.72 bits per heavy atom. The molecule has 0 aliphatic rings. The Morgan fingerprint density at radius 2 is 2.00 bits per heavy atom. The molecule has 0 saturated carbocycles. The SMILES string of the molecule is CC(=O)N(c1nc(CSc2nnnn2-c2cccc(C)c2)cs1)c1c(C)cc(C)cc1Cl. The highest BCUT2D eigenvalue weighted by Crippen LogP contribution is 2.38. The summed E-state index contributed by atoms with van der Waals surface area (Å²) in [5.41, 5.74) is 5.51. The van der Waals surface area contributed by atoms with Crippen LogP contribution in [0.4, 0.5) is 10.8 Å². The molecule has 0 aliphatic carbocycles. The minimum atomic E-state index is -0.143. The van der Waals surface area contributed by atoms with Crippen molar-refractivity contribution in [1.29, 1.82) is 0 Å². The Morgan fingerprint density at radius 1 is 1.19 bits per heavy atom. The number of hydrogen-bond acceptors (Lipinski definition) is 7. The average Bonchev–Trinajstić information content (AvgIpc) is 3.38. The van der Waals surface area contributed by atoms with Gasteiger partial charge in [-0.05, 0) is 66.1 Å². The number of thioether (sulfide) groups is 1. The van der Waals surface area contributed by atoms with Gasteiger partial charge in [-0.1, -0.05) is 41.6 Å². The average molecular weight is 485 g/mol. The number of carbonyl (C=O) groups is 1. The van der Waals surface area contributed by atoms with Crippen LogP contribution in [0, 0.1) is 20.8 Å². The third-order valence-electron chi connectivity index (χ3n) is 4.70. The molecule has 10 heteroatoms. The molecule has 7 nitrogen and oxygen atoms in total. The van der Waals surface area contributed by atoms with Crippen molar-refractivity contribution in [2.24, 2.45) is 0 Å². The normalized spacial score (nSPS) is 11.0. The number of amides is 1. The van der Waals surface area contributed by atoms with Crippen LogP contribution in [0.15, 0.2) is 46.9 Å². The van der Waals surface area contributed by atoms with E-state index in [1.54, 1.807) is 9.58 Å². The first-order valence-corrected chi connectivity index (χ1v) is 12.1. The highest BCUT2D eigenvalue weighted by molar-refractivity contribution is 7.98. The van der Waals surface area contributed by atoms with Crippen LogP contribution in [0.25, 0.3) is 5.69 Å². The van der Waals surface area contributed by atoms with Gasteiger partial charge in [0.15, 0.2) is 5.13 Å². The van der Waals surface area contributed by atoms with Crippen molar-refractivity contribution in [2.45, 2.75) is 38.6 Å². The summed E-state index contributed by atoms with van der Waals surface area (Å²) in [6.45, 7) is 7.46. The Kier molecular flexibility index (Phi) is 6.59. The minimum Gasteiger partial charge on any atom is -0.274 e. The van der Waals surface area contributed by atoms with Gasteiger partial charge >= 0.3 is 0 Å². The van der Waals surface area contributed by atoms with Crippen LogP contribution in [-0.2, 0) is 10.5 Å². The molecule has 0 spiro atoms. The van der Waals surface area contributed by atoms with E-state index < -0.39 is 0 Å². The molecular formula is C22H21ClN6OS2. The fraction of sp³-hybridized carbons (Fsp3) is 0.227. The van der Waals surface area contributed by atoms with E-state index >= 15 is 0 Å². The van der Waals surface area contributed by atoms with Gasteiger partial charge in [-0.25, -0.2) is 4.98 Å². The number of rotatable bonds is 6. The van der Waals surface area contributed by atoms with Crippen LogP contribution in [0.1, 0.15) is 29.3 Å². The van der Waals surface area contributed by atoms with Crippen LogP contribution in [-0.4, -0.2) is 31.1 Å². The Balaban J connectivity index is 1.56. The predicted octanol–water partition coefficient (Wildman–Crippen LogP) is 5.67. The fourth-order valence-corrected chi connectivity index (χ4v) is 5.54. The van der Waals surface area contributed by atoms with E-state index in [0.717, 1.165) is 28.1 Å². The number of aromatic nitrogens is 5. The summed E-state index contributed by atoms with van der Waals surface area (Å²) in [4.78, 5) is 18.8. The van der Waals surface area contributed by atoms with Gasteiger partial charge in [0.1, 0.15) is 0 Å². The maximum atomic E-state index is 12.5. The summed E-state index contributed by atoms with van der Waals surface area (Å²) >= 11 is 9.39. The Labute approximate surface area is 199 Å². The lowest BCUT2D eigenvalue weighted by Gasteiger charge is -2.22. The number of nitrogens with zero attached hydrogens (tertiary/aromatic N) is 6. The van der Waals surface area contributed by atoms with Crippen LogP contribution in [0.2, 0.25) is 5.02 Å². The summed E-state index contributed by atoms with van der Waals surface area (Å²) in [7, 11) is 0. The van der Waals surface area contributed by atoms with E-state index in [4.69, 9.17) is 16.6 Å². The quantitative estimate of drug-likeness (QED) is 0.328. The summed E-state index contributed by atoms with van der Waals surface area (Å²) in [6, 6.07) is 11.9. The lowest BCUT2D eigenvalue weighted by atomic mass is 10.1. The van der Waals surface area contributed by atoms with Gasteiger partial charge in [0.2, 0.25) is 11.1 Å². The predicted molar refractivity (Wildman–Crippen MR) is 129 cm³/mol. The van der Waals surface area contributed by atoms with Gasteiger partial charge in [0.05, 0.1) is 22.1 Å². The van der Waals surface area contributed by atoms with Crippen LogP contribution in [0.3, 0.4) is 0 Å². The van der Waals surface area contributed by atoms with Crippen LogP contribution in [0.5, 0.6) is 0 Å². The van der Waals surface area contributed by atoms with E-state index in [1.807, 2.05) is 62.5 Å². The first kappa shape index (κ1) is 22.4. The molecule has 2 heterocycles. The summed E-state index contributed by atoms with van der Waals surface area (Å²) in [5.74, 6) is 0.422. The number of aryl methyl sites for hydroxylation is 3. The smallest absolute Gasteiger partial charge is 0.230 e. The second-order valence-electron chi connectivity index (χ2n) is 7.39. The zero-order chi connectivity index (χ0) is 22.8. The molecule has 0 radical (unpaired) electrons. The van der Waals surface area contributed by atoms with E-state index in [-0.39, 0.29) is 5.91 Å². The number of anilines is 2. The molecule has 1 amide bonds. The number of halogens is 1.